The number of rotatable bonds is 5. The second-order valence-electron chi connectivity index (χ2n) is 6.81. The molecule has 1 N–H and O–H groups in total. The largest absolute Gasteiger partial charge is 0.379 e. The molecule has 1 amide bonds. The van der Waals surface area contributed by atoms with Crippen LogP contribution < -0.4 is 5.32 Å². The van der Waals surface area contributed by atoms with E-state index >= 15 is 0 Å². The van der Waals surface area contributed by atoms with E-state index in [2.05, 4.69) is 5.32 Å². The fourth-order valence-electron chi connectivity index (χ4n) is 3.07. The highest BCUT2D eigenvalue weighted by molar-refractivity contribution is 7.89. The predicted molar refractivity (Wildman–Crippen MR) is 107 cm³/mol. The zero-order valence-electron chi connectivity index (χ0n) is 16.3. The van der Waals surface area contributed by atoms with Crippen molar-refractivity contribution in [1.82, 2.24) is 4.31 Å². The Morgan fingerprint density at radius 2 is 1.87 bits per heavy atom. The van der Waals surface area contributed by atoms with Crippen LogP contribution in [0.5, 0.6) is 0 Å². The Morgan fingerprint density at radius 1 is 1.20 bits per heavy atom. The van der Waals surface area contributed by atoms with Gasteiger partial charge in [-0.1, -0.05) is 6.07 Å². The third-order valence-electron chi connectivity index (χ3n) is 4.81. The van der Waals surface area contributed by atoms with Gasteiger partial charge in [0.1, 0.15) is 5.82 Å². The van der Waals surface area contributed by atoms with Gasteiger partial charge in [-0.05, 0) is 37.6 Å². The topological polar surface area (TPSA) is 119 Å². The molecule has 2 aromatic carbocycles. The first-order valence-electron chi connectivity index (χ1n) is 9.05. The molecule has 0 saturated carbocycles. The average Bonchev–Trinajstić information content (AvgIpc) is 2.71. The lowest BCUT2D eigenvalue weighted by Gasteiger charge is -2.26. The van der Waals surface area contributed by atoms with Crippen LogP contribution in [0.2, 0.25) is 0 Å². The van der Waals surface area contributed by atoms with Gasteiger partial charge in [-0.25, -0.2) is 12.8 Å². The van der Waals surface area contributed by atoms with E-state index in [0.717, 1.165) is 12.1 Å². The highest BCUT2D eigenvalue weighted by atomic mass is 32.2. The van der Waals surface area contributed by atoms with Crippen molar-refractivity contribution in [1.29, 1.82) is 0 Å². The van der Waals surface area contributed by atoms with Crippen LogP contribution in [0.15, 0.2) is 35.2 Å². The molecule has 2 aromatic rings. The van der Waals surface area contributed by atoms with E-state index in [1.165, 1.54) is 23.4 Å². The van der Waals surface area contributed by atoms with Crippen molar-refractivity contribution in [2.24, 2.45) is 0 Å². The van der Waals surface area contributed by atoms with Gasteiger partial charge in [0.25, 0.3) is 11.6 Å². The first-order chi connectivity index (χ1) is 14.1. The predicted octanol–water partition coefficient (Wildman–Crippen LogP) is 2.62. The molecule has 0 bridgehead atoms. The van der Waals surface area contributed by atoms with Crippen LogP contribution >= 0.6 is 0 Å². The Labute approximate surface area is 172 Å². The van der Waals surface area contributed by atoms with Crippen LogP contribution in [0.1, 0.15) is 21.5 Å². The van der Waals surface area contributed by atoms with Gasteiger partial charge >= 0.3 is 0 Å². The fraction of sp³-hybridized carbons (Fsp3) is 0.316. The summed E-state index contributed by atoms with van der Waals surface area (Å²) in [6.45, 7) is 3.93. The molecule has 9 nitrogen and oxygen atoms in total. The Kier molecular flexibility index (Phi) is 6.15. The maximum atomic E-state index is 14.0. The van der Waals surface area contributed by atoms with Crippen molar-refractivity contribution in [3.63, 3.8) is 0 Å². The number of sulfonamides is 1. The first-order valence-corrected chi connectivity index (χ1v) is 10.5. The normalized spacial score (nSPS) is 15.0. The van der Waals surface area contributed by atoms with Gasteiger partial charge in [0.05, 0.1) is 28.6 Å². The Morgan fingerprint density at radius 3 is 2.50 bits per heavy atom. The molecular weight excluding hydrogens is 417 g/mol. The summed E-state index contributed by atoms with van der Waals surface area (Å²) in [5.74, 6) is -1.68. The number of carbonyl (C=O) groups excluding carboxylic acids is 1. The van der Waals surface area contributed by atoms with Crippen LogP contribution in [0, 0.1) is 29.8 Å². The number of nitrogens with zero attached hydrogens (tertiary/aromatic N) is 2. The Bertz CT molecular complexity index is 1110. The van der Waals surface area contributed by atoms with Crippen LogP contribution in [0.4, 0.5) is 15.8 Å². The molecule has 0 aromatic heterocycles. The second kappa shape index (κ2) is 8.46. The molecule has 0 atom stereocenters. The molecule has 1 aliphatic heterocycles. The summed E-state index contributed by atoms with van der Waals surface area (Å²) in [5.41, 5.74) is -0.272. The van der Waals surface area contributed by atoms with E-state index < -0.39 is 32.4 Å². The van der Waals surface area contributed by atoms with Crippen molar-refractivity contribution in [3.05, 3.63) is 63.0 Å². The molecule has 0 spiro atoms. The summed E-state index contributed by atoms with van der Waals surface area (Å²) in [6.07, 6.45) is 0. The third kappa shape index (κ3) is 4.32. The van der Waals surface area contributed by atoms with E-state index in [1.54, 1.807) is 13.0 Å². The molecule has 160 valence electrons. The zero-order valence-corrected chi connectivity index (χ0v) is 17.2. The molecule has 30 heavy (non-hydrogen) atoms. The highest BCUT2D eigenvalue weighted by Crippen LogP contribution is 2.26. The van der Waals surface area contributed by atoms with Crippen LogP contribution in [0.3, 0.4) is 0 Å². The van der Waals surface area contributed by atoms with Crippen LogP contribution in [-0.4, -0.2) is 49.9 Å². The van der Waals surface area contributed by atoms with Gasteiger partial charge in [0.2, 0.25) is 10.0 Å². The summed E-state index contributed by atoms with van der Waals surface area (Å²) >= 11 is 0. The number of amides is 1. The SMILES string of the molecule is Cc1ccc(NC(=O)c2cc(F)c(C)c([N+](=O)[O-])c2)cc1S(=O)(=O)N1CCOCC1. The molecule has 1 heterocycles. The standard InChI is InChI=1S/C19H20FN3O6S/c1-12-3-4-15(11-18(12)30(27,28)22-5-7-29-8-6-22)21-19(24)14-9-16(20)13(2)17(10-14)23(25)26/h3-4,9-11H,5-8H2,1-2H3,(H,21,24). The van der Waals surface area contributed by atoms with Gasteiger partial charge in [-0.3, -0.25) is 14.9 Å². The lowest BCUT2D eigenvalue weighted by Crippen LogP contribution is -2.40. The molecule has 0 aliphatic carbocycles. The van der Waals surface area contributed by atoms with Gasteiger partial charge in [-0.2, -0.15) is 4.31 Å². The number of hydrogen-bond acceptors (Lipinski definition) is 6. The quantitative estimate of drug-likeness (QED) is 0.567. The molecule has 0 unspecified atom stereocenters. The van der Waals surface area contributed by atoms with Gasteiger partial charge in [-0.15, -0.1) is 0 Å². The number of carbonyl (C=O) groups is 1. The van der Waals surface area contributed by atoms with Gasteiger partial charge in [0.15, 0.2) is 0 Å². The summed E-state index contributed by atoms with van der Waals surface area (Å²) < 4.78 is 46.4. The van der Waals surface area contributed by atoms with Crippen LogP contribution in [0.25, 0.3) is 0 Å². The van der Waals surface area contributed by atoms with E-state index in [-0.39, 0.29) is 34.8 Å². The number of hydrogen-bond donors (Lipinski definition) is 1. The number of halogens is 1. The maximum Gasteiger partial charge on any atom is 0.276 e. The minimum Gasteiger partial charge on any atom is -0.379 e. The molecule has 1 saturated heterocycles. The van der Waals surface area contributed by atoms with E-state index in [9.17, 15) is 27.7 Å². The minimum absolute atomic E-state index is 0.0308. The number of nitro groups is 1. The smallest absolute Gasteiger partial charge is 0.276 e. The zero-order chi connectivity index (χ0) is 22.1. The molecular formula is C19H20FN3O6S. The van der Waals surface area contributed by atoms with E-state index in [4.69, 9.17) is 4.74 Å². The molecule has 3 rings (SSSR count). The monoisotopic (exact) mass is 437 g/mol. The first kappa shape index (κ1) is 21.8. The van der Waals surface area contributed by atoms with Crippen molar-refractivity contribution in [3.8, 4) is 0 Å². The van der Waals surface area contributed by atoms with Crippen molar-refractivity contribution in [2.75, 3.05) is 31.6 Å². The average molecular weight is 437 g/mol. The highest BCUT2D eigenvalue weighted by Gasteiger charge is 2.28. The van der Waals surface area contributed by atoms with Gasteiger partial charge < -0.3 is 10.1 Å². The number of morpholine rings is 1. The summed E-state index contributed by atoms with van der Waals surface area (Å²) in [6, 6.07) is 6.24. The molecule has 1 aliphatic rings. The van der Waals surface area contributed by atoms with E-state index in [0.29, 0.717) is 18.8 Å². The van der Waals surface area contributed by atoms with Crippen molar-refractivity contribution < 1.29 is 27.3 Å². The fourth-order valence-corrected chi connectivity index (χ4v) is 4.73. The number of ether oxygens (including phenoxy) is 1. The minimum atomic E-state index is -3.79. The number of nitro benzene ring substituents is 1. The Hall–Kier alpha value is -2.89. The number of aryl methyl sites for hydroxylation is 1. The third-order valence-corrected chi connectivity index (χ3v) is 6.85. The van der Waals surface area contributed by atoms with Crippen LogP contribution in [-0.2, 0) is 14.8 Å². The lowest BCUT2D eigenvalue weighted by atomic mass is 10.1. The summed E-state index contributed by atoms with van der Waals surface area (Å²) in [5, 5.41) is 13.6. The van der Waals surface area contributed by atoms with E-state index in [1.807, 2.05) is 0 Å². The second-order valence-corrected chi connectivity index (χ2v) is 8.72. The molecule has 11 heteroatoms. The molecule has 0 radical (unpaired) electrons. The number of benzene rings is 2. The maximum absolute atomic E-state index is 14.0. The molecule has 1 fully saturated rings. The summed E-state index contributed by atoms with van der Waals surface area (Å²) in [7, 11) is -3.79. The van der Waals surface area contributed by atoms with Crippen molar-refractivity contribution >= 4 is 27.3 Å². The van der Waals surface area contributed by atoms with Crippen molar-refractivity contribution in [2.45, 2.75) is 18.7 Å². The Balaban J connectivity index is 1.90. The summed E-state index contributed by atoms with van der Waals surface area (Å²) in [4.78, 5) is 22.9. The number of nitrogens with one attached hydrogen (secondary N) is 1. The number of anilines is 1. The lowest BCUT2D eigenvalue weighted by molar-refractivity contribution is -0.385. The van der Waals surface area contributed by atoms with Gasteiger partial charge in [0, 0.05) is 30.4 Å².